The first kappa shape index (κ1) is 21.4. The van der Waals surface area contributed by atoms with Crippen molar-refractivity contribution in [2.75, 3.05) is 31.6 Å². The molecule has 0 aliphatic carbocycles. The molecule has 0 bridgehead atoms. The molecule has 0 amide bonds. The van der Waals surface area contributed by atoms with Gasteiger partial charge in [-0.2, -0.15) is 4.31 Å². The van der Waals surface area contributed by atoms with Gasteiger partial charge in [0.2, 0.25) is 10.0 Å². The molecular weight excluding hydrogens is 449 g/mol. The smallest absolute Gasteiger partial charge is 0.337 e. The van der Waals surface area contributed by atoms with Crippen LogP contribution in [0.1, 0.15) is 10.4 Å². The van der Waals surface area contributed by atoms with E-state index in [1.807, 2.05) is 0 Å². The van der Waals surface area contributed by atoms with Crippen LogP contribution in [-0.4, -0.2) is 55.1 Å². The normalized spacial score (nSPS) is 15.2. The second-order valence-corrected chi connectivity index (χ2v) is 9.11. The molecule has 162 valence electrons. The minimum Gasteiger partial charge on any atom is -0.478 e. The second kappa shape index (κ2) is 8.39. The van der Waals surface area contributed by atoms with Gasteiger partial charge in [0, 0.05) is 29.7 Å². The van der Waals surface area contributed by atoms with Gasteiger partial charge in [-0.25, -0.2) is 17.6 Å². The molecule has 3 aromatic rings. The van der Waals surface area contributed by atoms with Gasteiger partial charge in [0.05, 0.1) is 35.7 Å². The molecule has 0 radical (unpaired) electrons. The molecule has 2 aromatic carbocycles. The van der Waals surface area contributed by atoms with Crippen LogP contribution in [-0.2, 0) is 14.8 Å². The molecule has 11 heteroatoms. The van der Waals surface area contributed by atoms with Crippen LogP contribution in [0.25, 0.3) is 10.9 Å². The first-order chi connectivity index (χ1) is 14.8. The van der Waals surface area contributed by atoms with Gasteiger partial charge in [0.25, 0.3) is 0 Å². The van der Waals surface area contributed by atoms with E-state index in [-0.39, 0.29) is 48.1 Å². The number of carboxylic acids is 1. The number of pyridine rings is 1. The molecule has 0 atom stereocenters. The first-order valence-corrected chi connectivity index (χ1v) is 11.1. The monoisotopic (exact) mass is 465 g/mol. The molecule has 2 heterocycles. The van der Waals surface area contributed by atoms with Gasteiger partial charge in [0.15, 0.2) is 0 Å². The second-order valence-electron chi connectivity index (χ2n) is 6.77. The van der Waals surface area contributed by atoms with E-state index < -0.39 is 21.8 Å². The van der Waals surface area contributed by atoms with Crippen LogP contribution >= 0.6 is 11.6 Å². The van der Waals surface area contributed by atoms with Crippen LogP contribution in [0.4, 0.5) is 15.8 Å². The van der Waals surface area contributed by atoms with E-state index in [4.69, 9.17) is 16.3 Å². The highest BCUT2D eigenvalue weighted by Crippen LogP contribution is 2.36. The summed E-state index contributed by atoms with van der Waals surface area (Å²) < 4.78 is 47.8. The number of nitrogens with one attached hydrogen (secondary N) is 1. The number of sulfonamides is 1. The van der Waals surface area contributed by atoms with E-state index in [0.717, 1.165) is 6.07 Å². The van der Waals surface area contributed by atoms with Crippen molar-refractivity contribution >= 4 is 49.9 Å². The standard InChI is InChI=1S/C20H17ClFN3O5S/c21-12-4-5-16-14(10-12)19(24-18-13(20(26)27)2-1-3-15(18)22)17(11-23-16)31(28,29)25-6-8-30-9-7-25/h1-5,10-11H,6-9H2,(H,23,24)(H,26,27). The Morgan fingerprint density at radius 2 is 1.94 bits per heavy atom. The third kappa shape index (κ3) is 4.07. The molecule has 1 aliphatic rings. The number of anilines is 2. The molecule has 8 nitrogen and oxygen atoms in total. The Hall–Kier alpha value is -2.79. The number of nitrogens with zero attached hydrogens (tertiary/aromatic N) is 2. The van der Waals surface area contributed by atoms with Crippen molar-refractivity contribution in [3.63, 3.8) is 0 Å². The van der Waals surface area contributed by atoms with Crippen molar-refractivity contribution in [3.8, 4) is 0 Å². The van der Waals surface area contributed by atoms with Gasteiger partial charge < -0.3 is 15.2 Å². The third-order valence-corrected chi connectivity index (χ3v) is 7.02. The van der Waals surface area contributed by atoms with Gasteiger partial charge in [-0.05, 0) is 30.3 Å². The minimum absolute atomic E-state index is 0.00779. The van der Waals surface area contributed by atoms with Crippen molar-refractivity contribution in [1.82, 2.24) is 9.29 Å². The number of aromatic carboxylic acids is 1. The van der Waals surface area contributed by atoms with Crippen molar-refractivity contribution < 1.29 is 27.4 Å². The number of aromatic nitrogens is 1. The summed E-state index contributed by atoms with van der Waals surface area (Å²) in [7, 11) is -4.05. The van der Waals surface area contributed by atoms with E-state index in [0.29, 0.717) is 15.9 Å². The van der Waals surface area contributed by atoms with Crippen LogP contribution in [0.15, 0.2) is 47.5 Å². The highest BCUT2D eigenvalue weighted by Gasteiger charge is 2.31. The van der Waals surface area contributed by atoms with Gasteiger partial charge in [-0.1, -0.05) is 17.7 Å². The molecule has 0 saturated carbocycles. The van der Waals surface area contributed by atoms with E-state index in [1.165, 1.54) is 28.7 Å². The summed E-state index contributed by atoms with van der Waals surface area (Å²) in [6.45, 7) is 0.779. The highest BCUT2D eigenvalue weighted by molar-refractivity contribution is 7.89. The Morgan fingerprint density at radius 1 is 1.19 bits per heavy atom. The third-order valence-electron chi connectivity index (χ3n) is 4.88. The molecule has 1 aliphatic heterocycles. The molecule has 1 fully saturated rings. The Morgan fingerprint density at radius 3 is 2.65 bits per heavy atom. The summed E-state index contributed by atoms with van der Waals surface area (Å²) in [5.41, 5.74) is -0.310. The number of benzene rings is 2. The van der Waals surface area contributed by atoms with Gasteiger partial charge in [-0.15, -0.1) is 0 Å². The van der Waals surface area contributed by atoms with E-state index in [1.54, 1.807) is 12.1 Å². The predicted octanol–water partition coefficient (Wildman–Crippen LogP) is 3.49. The summed E-state index contributed by atoms with van der Waals surface area (Å²) in [6, 6.07) is 8.24. The summed E-state index contributed by atoms with van der Waals surface area (Å²) in [5.74, 6) is -2.21. The molecule has 1 aromatic heterocycles. The predicted molar refractivity (Wildman–Crippen MR) is 113 cm³/mol. The first-order valence-electron chi connectivity index (χ1n) is 9.24. The van der Waals surface area contributed by atoms with Gasteiger partial charge in [0.1, 0.15) is 10.7 Å². The summed E-state index contributed by atoms with van der Waals surface area (Å²) in [5, 5.41) is 12.8. The van der Waals surface area contributed by atoms with Crippen molar-refractivity contribution in [2.45, 2.75) is 4.90 Å². The fourth-order valence-corrected chi connectivity index (χ4v) is 5.04. The Labute approximate surface area is 182 Å². The maximum absolute atomic E-state index is 14.6. The van der Waals surface area contributed by atoms with Crippen molar-refractivity contribution in [2.24, 2.45) is 0 Å². The van der Waals surface area contributed by atoms with E-state index >= 15 is 0 Å². The van der Waals surface area contributed by atoms with E-state index in [2.05, 4.69) is 10.3 Å². The number of hydrogen-bond acceptors (Lipinski definition) is 6. The minimum atomic E-state index is -4.05. The maximum Gasteiger partial charge on any atom is 0.337 e. The zero-order valence-corrected chi connectivity index (χ0v) is 17.6. The zero-order valence-electron chi connectivity index (χ0n) is 16.0. The average molecular weight is 466 g/mol. The van der Waals surface area contributed by atoms with Crippen LogP contribution in [0.5, 0.6) is 0 Å². The number of para-hydroxylation sites is 1. The Balaban J connectivity index is 1.96. The lowest BCUT2D eigenvalue weighted by Crippen LogP contribution is -2.40. The van der Waals surface area contributed by atoms with E-state index in [9.17, 15) is 22.7 Å². The number of fused-ring (bicyclic) bond motifs is 1. The summed E-state index contributed by atoms with van der Waals surface area (Å²) in [6.07, 6.45) is 1.17. The fraction of sp³-hybridized carbons (Fsp3) is 0.200. The molecule has 2 N–H and O–H groups in total. The number of rotatable bonds is 5. The van der Waals surface area contributed by atoms with Crippen LogP contribution in [0, 0.1) is 5.82 Å². The SMILES string of the molecule is O=C(O)c1cccc(F)c1Nc1c(S(=O)(=O)N2CCOCC2)cnc2ccc(Cl)cc12. The number of halogens is 2. The van der Waals surface area contributed by atoms with Crippen LogP contribution in [0.3, 0.4) is 0 Å². The molecule has 0 spiro atoms. The zero-order chi connectivity index (χ0) is 22.2. The van der Waals surface area contributed by atoms with Crippen molar-refractivity contribution in [3.05, 3.63) is 59.0 Å². The van der Waals surface area contributed by atoms with Crippen molar-refractivity contribution in [1.29, 1.82) is 0 Å². The highest BCUT2D eigenvalue weighted by atomic mass is 35.5. The summed E-state index contributed by atoms with van der Waals surface area (Å²) in [4.78, 5) is 15.6. The maximum atomic E-state index is 14.6. The Kier molecular flexibility index (Phi) is 5.80. The largest absolute Gasteiger partial charge is 0.478 e. The molecule has 31 heavy (non-hydrogen) atoms. The topological polar surface area (TPSA) is 109 Å². The molecular formula is C20H17ClFN3O5S. The lowest BCUT2D eigenvalue weighted by Gasteiger charge is -2.27. The molecule has 0 unspecified atom stereocenters. The quantitative estimate of drug-likeness (QED) is 0.593. The number of morpholine rings is 1. The average Bonchev–Trinajstić information content (AvgIpc) is 2.75. The summed E-state index contributed by atoms with van der Waals surface area (Å²) >= 11 is 6.12. The van der Waals surface area contributed by atoms with Gasteiger partial charge >= 0.3 is 5.97 Å². The van der Waals surface area contributed by atoms with Crippen LogP contribution in [0.2, 0.25) is 5.02 Å². The lowest BCUT2D eigenvalue weighted by atomic mass is 10.1. The fourth-order valence-electron chi connectivity index (χ4n) is 3.35. The number of hydrogen-bond donors (Lipinski definition) is 2. The Bertz CT molecular complexity index is 1280. The van der Waals surface area contributed by atoms with Gasteiger partial charge in [-0.3, -0.25) is 4.98 Å². The number of carboxylic acid groups (broad SMARTS) is 1. The lowest BCUT2D eigenvalue weighted by molar-refractivity contribution is 0.0697. The number of ether oxygens (including phenoxy) is 1. The molecule has 1 saturated heterocycles. The molecule has 4 rings (SSSR count). The number of carbonyl (C=O) groups is 1. The van der Waals surface area contributed by atoms with Crippen LogP contribution < -0.4 is 5.32 Å².